The zero-order chi connectivity index (χ0) is 19.4. The van der Waals surface area contributed by atoms with E-state index in [1.807, 2.05) is 13.8 Å². The topological polar surface area (TPSA) is 52.6 Å². The second-order valence-electron chi connectivity index (χ2n) is 5.88. The summed E-state index contributed by atoms with van der Waals surface area (Å²) in [5.74, 6) is -0.615. The summed E-state index contributed by atoms with van der Waals surface area (Å²) in [6.07, 6.45) is 0.938. The zero-order valence-corrected chi connectivity index (χ0v) is 17.1. The first kappa shape index (κ1) is 28.7. The molecular weight excluding hydrogens is 360 g/mol. The van der Waals surface area contributed by atoms with Crippen LogP contribution in [0.2, 0.25) is 0 Å². The maximum absolute atomic E-state index is 11.0. The maximum Gasteiger partial charge on any atom is 4.00 e. The molecule has 4 unspecified atom stereocenters. The quantitative estimate of drug-likeness (QED) is 0.267. The fourth-order valence-corrected chi connectivity index (χ4v) is 1.20. The molecule has 0 aliphatic carbocycles. The molecule has 144 valence electrons. The van der Waals surface area contributed by atoms with Crippen molar-refractivity contribution in [3.05, 3.63) is 52.0 Å². The Balaban J connectivity index is -0.000000372. The fraction of sp³-hybridized carbons (Fsp3) is 0.500. The average Bonchev–Trinajstić information content (AvgIpc) is 2.53. The minimum absolute atomic E-state index is 0. The van der Waals surface area contributed by atoms with Crippen LogP contribution >= 0.6 is 0 Å². The number of ether oxygens (including phenoxy) is 2. The van der Waals surface area contributed by atoms with E-state index in [-0.39, 0.29) is 53.1 Å². The summed E-state index contributed by atoms with van der Waals surface area (Å²) in [5.41, 5.74) is 0.830. The predicted molar refractivity (Wildman–Crippen MR) is 98.4 cm³/mol. The van der Waals surface area contributed by atoms with E-state index >= 15 is 0 Å². The van der Waals surface area contributed by atoms with Gasteiger partial charge < -0.3 is 37.2 Å². The van der Waals surface area contributed by atoms with Gasteiger partial charge in [-0.15, -0.1) is 0 Å². The Morgan fingerprint density at radius 1 is 0.840 bits per heavy atom. The van der Waals surface area contributed by atoms with Gasteiger partial charge in [0, 0.05) is 11.1 Å². The van der Waals surface area contributed by atoms with Crippen molar-refractivity contribution in [1.29, 1.82) is 0 Å². The van der Waals surface area contributed by atoms with Crippen LogP contribution in [0.15, 0.2) is 24.3 Å². The molecule has 4 atom stereocenters. The molecule has 0 saturated carbocycles. The van der Waals surface area contributed by atoms with Gasteiger partial charge in [-0.05, 0) is 27.7 Å². The molecule has 0 aromatic carbocycles. The second kappa shape index (κ2) is 15.2. The molecule has 0 aromatic rings. The van der Waals surface area contributed by atoms with Crippen LogP contribution < -0.4 is 0 Å². The minimum atomic E-state index is -0.357. The van der Waals surface area contributed by atoms with Crippen LogP contribution in [0, 0.1) is 39.5 Å². The van der Waals surface area contributed by atoms with Gasteiger partial charge in [0.1, 0.15) is 0 Å². The van der Waals surface area contributed by atoms with E-state index in [1.165, 1.54) is 0 Å². The van der Waals surface area contributed by atoms with E-state index < -0.39 is 0 Å². The molecule has 0 N–H and O–H groups in total. The Bertz CT molecular complexity index is 391. The van der Waals surface area contributed by atoms with Crippen LogP contribution in [0.4, 0.5) is 0 Å². The van der Waals surface area contributed by atoms with E-state index in [0.717, 1.165) is 0 Å². The molecular formula is C20H32FeO4. The SMILES string of the molecule is C=C(C)C(=O)OC(C)C([CH2-])C[CH2-].C=C(C)C(=O)OC(C)C([CH2-])C[CH2-].[Fe+4]. The minimum Gasteiger partial charge on any atom is -0.462 e. The third kappa shape index (κ3) is 13.9. The number of rotatable bonds is 8. The van der Waals surface area contributed by atoms with E-state index in [1.54, 1.807) is 13.8 Å². The molecule has 4 nitrogen and oxygen atoms in total. The molecule has 0 radical (unpaired) electrons. The van der Waals surface area contributed by atoms with Gasteiger partial charge in [-0.25, -0.2) is 22.4 Å². The monoisotopic (exact) mass is 392 g/mol. The van der Waals surface area contributed by atoms with Gasteiger partial charge in [0.2, 0.25) is 0 Å². The van der Waals surface area contributed by atoms with Crippen molar-refractivity contribution >= 4 is 11.9 Å². The normalized spacial score (nSPS) is 14.4. The van der Waals surface area contributed by atoms with Gasteiger partial charge in [0.15, 0.2) is 0 Å². The van der Waals surface area contributed by atoms with Crippen molar-refractivity contribution in [2.45, 2.75) is 52.7 Å². The third-order valence-electron chi connectivity index (χ3n) is 3.35. The molecule has 0 fully saturated rings. The van der Waals surface area contributed by atoms with Crippen molar-refractivity contribution < 1.29 is 36.1 Å². The van der Waals surface area contributed by atoms with Gasteiger partial charge in [0.05, 0.1) is 12.2 Å². The fourth-order valence-electron chi connectivity index (χ4n) is 1.20. The Morgan fingerprint density at radius 3 is 1.24 bits per heavy atom. The van der Waals surface area contributed by atoms with E-state index in [0.29, 0.717) is 24.0 Å². The summed E-state index contributed by atoms with van der Waals surface area (Å²) in [7, 11) is 0. The van der Waals surface area contributed by atoms with Crippen molar-refractivity contribution in [3.8, 4) is 0 Å². The first-order valence-electron chi connectivity index (χ1n) is 7.95. The van der Waals surface area contributed by atoms with Crippen LogP contribution in [0.5, 0.6) is 0 Å². The van der Waals surface area contributed by atoms with Crippen LogP contribution in [0.25, 0.3) is 0 Å². The van der Waals surface area contributed by atoms with E-state index in [9.17, 15) is 9.59 Å². The molecule has 0 bridgehead atoms. The smallest absolute Gasteiger partial charge is 0.462 e. The Labute approximate surface area is 164 Å². The van der Waals surface area contributed by atoms with Crippen molar-refractivity contribution in [2.24, 2.45) is 11.8 Å². The van der Waals surface area contributed by atoms with Crippen LogP contribution in [-0.2, 0) is 36.1 Å². The molecule has 0 heterocycles. The van der Waals surface area contributed by atoms with Crippen molar-refractivity contribution in [2.75, 3.05) is 0 Å². The second-order valence-corrected chi connectivity index (χ2v) is 5.88. The molecule has 25 heavy (non-hydrogen) atoms. The standard InChI is InChI=1S/2C10H16O2.Fe/c2*1-6-8(4)9(5)12-10(11)7(2)3;/h2*8-9H,1-2,4,6H2,3,5H3;/q2*-2;+4. The molecule has 5 heteroatoms. The molecule has 0 aromatic heterocycles. The van der Waals surface area contributed by atoms with Gasteiger partial charge in [-0.3, -0.25) is 0 Å². The molecule has 0 saturated heterocycles. The van der Waals surface area contributed by atoms with Gasteiger partial charge in [-0.2, -0.15) is 11.8 Å². The van der Waals surface area contributed by atoms with E-state index in [4.69, 9.17) is 9.47 Å². The molecule has 0 aliphatic heterocycles. The summed E-state index contributed by atoms with van der Waals surface area (Å²) in [5, 5.41) is 0. The Hall–Kier alpha value is -1.06. The van der Waals surface area contributed by atoms with Gasteiger partial charge >= 0.3 is 29.0 Å². The number of carbonyl (C=O) groups is 2. The van der Waals surface area contributed by atoms with Gasteiger partial charge in [-0.1, -0.05) is 13.2 Å². The number of hydrogen-bond acceptors (Lipinski definition) is 4. The summed E-state index contributed by atoms with van der Waals surface area (Å²) >= 11 is 0. The molecule has 0 spiro atoms. The molecule has 0 rings (SSSR count). The number of carbonyl (C=O) groups excluding carboxylic acids is 2. The largest absolute Gasteiger partial charge is 4.00 e. The summed E-state index contributed by atoms with van der Waals surface area (Å²) in [4.78, 5) is 22.0. The van der Waals surface area contributed by atoms with E-state index in [2.05, 4.69) is 40.9 Å². The summed E-state index contributed by atoms with van der Waals surface area (Å²) < 4.78 is 10.0. The first-order chi connectivity index (χ1) is 11.0. The van der Waals surface area contributed by atoms with Crippen molar-refractivity contribution in [3.63, 3.8) is 0 Å². The Kier molecular flexibility index (Phi) is 17.5. The number of hydrogen-bond donors (Lipinski definition) is 0. The molecule has 0 aliphatic rings. The third-order valence-corrected chi connectivity index (χ3v) is 3.35. The van der Waals surface area contributed by atoms with Crippen LogP contribution in [0.3, 0.4) is 0 Å². The van der Waals surface area contributed by atoms with Crippen molar-refractivity contribution in [1.82, 2.24) is 0 Å². The van der Waals surface area contributed by atoms with Crippen LogP contribution in [0.1, 0.15) is 40.5 Å². The average molecular weight is 392 g/mol. The first-order valence-corrected chi connectivity index (χ1v) is 7.95. The molecule has 0 amide bonds. The predicted octanol–water partition coefficient (Wildman–Crippen LogP) is 4.33. The zero-order valence-electron chi connectivity index (χ0n) is 16.0. The van der Waals surface area contributed by atoms with Crippen LogP contribution in [-0.4, -0.2) is 24.1 Å². The van der Waals surface area contributed by atoms with Gasteiger partial charge in [0.25, 0.3) is 0 Å². The summed E-state index contributed by atoms with van der Waals surface area (Å²) in [6.45, 7) is 28.8. The summed E-state index contributed by atoms with van der Waals surface area (Å²) in [6, 6.07) is 0. The number of esters is 2. The maximum atomic E-state index is 11.0. The Morgan fingerprint density at radius 2 is 1.08 bits per heavy atom.